The largest absolute Gasteiger partial charge is 0.453 e. The van der Waals surface area contributed by atoms with Gasteiger partial charge in [0.2, 0.25) is 5.78 Å². The Bertz CT molecular complexity index is 796. The number of ether oxygens (including phenoxy) is 1. The first-order valence-corrected chi connectivity index (χ1v) is 8.80. The molecule has 1 atom stereocenters. The van der Waals surface area contributed by atoms with Gasteiger partial charge in [-0.05, 0) is 61.9 Å². The zero-order valence-electron chi connectivity index (χ0n) is 14.7. The predicted molar refractivity (Wildman–Crippen MR) is 97.2 cm³/mol. The van der Waals surface area contributed by atoms with E-state index >= 15 is 0 Å². The number of carbonyl (C=O) groups is 3. The van der Waals surface area contributed by atoms with E-state index in [9.17, 15) is 14.4 Å². The highest BCUT2D eigenvalue weighted by Gasteiger charge is 2.22. The van der Waals surface area contributed by atoms with Crippen LogP contribution in [0.25, 0.3) is 0 Å². The maximum atomic E-state index is 12.5. The number of esters is 1. The van der Waals surface area contributed by atoms with Gasteiger partial charge in [0.1, 0.15) is 6.54 Å². The standard InChI is InChI=1S/C19H21NO4S/c1-11-8-13(3)15(9-12(11)2)18(22)14(4)24-17(21)10-20-19(23)16-6-5-7-25-16/h5-9,14H,10H2,1-4H3,(H,20,23)/t14-/m0/s1. The fraction of sp³-hybridized carbons (Fsp3) is 0.316. The summed E-state index contributed by atoms with van der Waals surface area (Å²) in [6, 6.07) is 7.18. The average molecular weight is 359 g/mol. The molecule has 25 heavy (non-hydrogen) atoms. The van der Waals surface area contributed by atoms with Crippen LogP contribution in [-0.4, -0.2) is 30.3 Å². The molecule has 0 unspecified atom stereocenters. The van der Waals surface area contributed by atoms with Gasteiger partial charge in [-0.3, -0.25) is 14.4 Å². The second-order valence-electron chi connectivity index (χ2n) is 5.91. The first kappa shape index (κ1) is 18.9. The molecule has 0 aliphatic heterocycles. The van der Waals surface area contributed by atoms with Crippen molar-refractivity contribution in [3.05, 3.63) is 56.8 Å². The van der Waals surface area contributed by atoms with Gasteiger partial charge in [0, 0.05) is 5.56 Å². The highest BCUT2D eigenvalue weighted by molar-refractivity contribution is 7.12. The lowest BCUT2D eigenvalue weighted by Crippen LogP contribution is -2.34. The SMILES string of the molecule is Cc1cc(C)c(C(=O)[C@H](C)OC(=O)CNC(=O)c2cccs2)cc1C. The molecule has 2 rings (SSSR count). The molecule has 1 amide bonds. The van der Waals surface area contributed by atoms with Gasteiger partial charge in [-0.1, -0.05) is 12.1 Å². The highest BCUT2D eigenvalue weighted by Crippen LogP contribution is 2.18. The molecule has 0 aliphatic carbocycles. The number of ketones is 1. The summed E-state index contributed by atoms with van der Waals surface area (Å²) in [5, 5.41) is 4.26. The monoisotopic (exact) mass is 359 g/mol. The zero-order valence-corrected chi connectivity index (χ0v) is 15.5. The molecule has 0 radical (unpaired) electrons. The topological polar surface area (TPSA) is 72.5 Å². The van der Waals surface area contributed by atoms with E-state index in [0.717, 1.165) is 16.7 Å². The number of hydrogen-bond acceptors (Lipinski definition) is 5. The molecule has 0 saturated carbocycles. The summed E-state index contributed by atoms with van der Waals surface area (Å²) in [7, 11) is 0. The number of carbonyl (C=O) groups excluding carboxylic acids is 3. The van der Waals surface area contributed by atoms with Gasteiger partial charge in [-0.15, -0.1) is 11.3 Å². The highest BCUT2D eigenvalue weighted by atomic mass is 32.1. The Morgan fingerprint density at radius 3 is 2.44 bits per heavy atom. The Hall–Kier alpha value is -2.47. The molecule has 1 aromatic heterocycles. The van der Waals surface area contributed by atoms with E-state index in [1.165, 1.54) is 18.3 Å². The number of amides is 1. The van der Waals surface area contributed by atoms with Crippen LogP contribution in [0.15, 0.2) is 29.6 Å². The van der Waals surface area contributed by atoms with Crippen molar-refractivity contribution in [2.24, 2.45) is 0 Å². The van der Waals surface area contributed by atoms with Crippen LogP contribution in [0.2, 0.25) is 0 Å². The van der Waals surface area contributed by atoms with Crippen molar-refractivity contribution in [2.45, 2.75) is 33.8 Å². The maximum absolute atomic E-state index is 12.5. The van der Waals surface area contributed by atoms with Gasteiger partial charge < -0.3 is 10.1 Å². The van der Waals surface area contributed by atoms with Crippen molar-refractivity contribution in [1.82, 2.24) is 5.32 Å². The van der Waals surface area contributed by atoms with Gasteiger partial charge in [-0.25, -0.2) is 0 Å². The van der Waals surface area contributed by atoms with E-state index in [0.29, 0.717) is 10.4 Å². The number of aryl methyl sites for hydroxylation is 3. The lowest BCUT2D eigenvalue weighted by Gasteiger charge is -2.15. The molecule has 0 saturated heterocycles. The zero-order chi connectivity index (χ0) is 18.6. The fourth-order valence-corrected chi connectivity index (χ4v) is 3.02. The third kappa shape index (κ3) is 4.76. The predicted octanol–water partition coefficient (Wildman–Crippen LogP) is 3.22. The average Bonchev–Trinajstić information content (AvgIpc) is 3.10. The minimum Gasteiger partial charge on any atom is -0.453 e. The number of benzene rings is 1. The number of thiophene rings is 1. The Kier molecular flexibility index (Phi) is 6.09. The van der Waals surface area contributed by atoms with E-state index in [4.69, 9.17) is 4.74 Å². The molecular weight excluding hydrogens is 338 g/mol. The van der Waals surface area contributed by atoms with Crippen LogP contribution in [0.3, 0.4) is 0 Å². The first-order chi connectivity index (χ1) is 11.8. The summed E-state index contributed by atoms with van der Waals surface area (Å²) in [4.78, 5) is 36.7. The molecule has 0 spiro atoms. The molecule has 1 heterocycles. The van der Waals surface area contributed by atoms with Gasteiger partial charge in [-0.2, -0.15) is 0 Å². The summed E-state index contributed by atoms with van der Waals surface area (Å²) < 4.78 is 5.16. The van der Waals surface area contributed by atoms with Crippen LogP contribution in [0, 0.1) is 20.8 Å². The summed E-state index contributed by atoms with van der Waals surface area (Å²) >= 11 is 1.28. The molecule has 0 fully saturated rings. The van der Waals surface area contributed by atoms with Crippen LogP contribution in [0.5, 0.6) is 0 Å². The first-order valence-electron chi connectivity index (χ1n) is 7.93. The van der Waals surface area contributed by atoms with Crippen molar-refractivity contribution < 1.29 is 19.1 Å². The van der Waals surface area contributed by atoms with E-state index in [2.05, 4.69) is 5.32 Å². The Morgan fingerprint density at radius 2 is 1.80 bits per heavy atom. The van der Waals surface area contributed by atoms with Crippen LogP contribution < -0.4 is 5.32 Å². The quantitative estimate of drug-likeness (QED) is 0.635. The lowest BCUT2D eigenvalue weighted by atomic mass is 9.96. The molecule has 1 aromatic carbocycles. The van der Waals surface area contributed by atoms with Crippen LogP contribution in [0.1, 0.15) is 43.6 Å². The smallest absolute Gasteiger partial charge is 0.326 e. The summed E-state index contributed by atoms with van der Waals surface area (Å²) in [5.41, 5.74) is 3.51. The summed E-state index contributed by atoms with van der Waals surface area (Å²) in [5.74, 6) is -1.23. The Morgan fingerprint density at radius 1 is 1.12 bits per heavy atom. The molecule has 0 aliphatic rings. The van der Waals surface area contributed by atoms with Crippen molar-refractivity contribution in [3.63, 3.8) is 0 Å². The normalized spacial score (nSPS) is 11.7. The van der Waals surface area contributed by atoms with Crippen LogP contribution >= 0.6 is 11.3 Å². The van der Waals surface area contributed by atoms with Crippen LogP contribution in [-0.2, 0) is 9.53 Å². The molecule has 5 nitrogen and oxygen atoms in total. The lowest BCUT2D eigenvalue weighted by molar-refractivity contribution is -0.145. The fourth-order valence-electron chi connectivity index (χ4n) is 2.38. The third-order valence-corrected chi connectivity index (χ3v) is 4.79. The van der Waals surface area contributed by atoms with Gasteiger partial charge in [0.05, 0.1) is 4.88 Å². The second-order valence-corrected chi connectivity index (χ2v) is 6.86. The molecule has 132 valence electrons. The molecule has 6 heteroatoms. The van der Waals surface area contributed by atoms with E-state index < -0.39 is 12.1 Å². The van der Waals surface area contributed by atoms with Gasteiger partial charge in [0.25, 0.3) is 5.91 Å². The van der Waals surface area contributed by atoms with Gasteiger partial charge in [0.15, 0.2) is 6.10 Å². The van der Waals surface area contributed by atoms with Crippen LogP contribution in [0.4, 0.5) is 0 Å². The van der Waals surface area contributed by atoms with Crippen molar-refractivity contribution in [3.8, 4) is 0 Å². The number of hydrogen-bond donors (Lipinski definition) is 1. The maximum Gasteiger partial charge on any atom is 0.326 e. The molecular formula is C19H21NO4S. The Labute approximate surface area is 151 Å². The van der Waals surface area contributed by atoms with Gasteiger partial charge >= 0.3 is 5.97 Å². The molecule has 0 bridgehead atoms. The van der Waals surface area contributed by atoms with E-state index in [1.54, 1.807) is 17.5 Å². The second kappa shape index (κ2) is 8.07. The molecule has 2 aromatic rings. The number of nitrogens with one attached hydrogen (secondary N) is 1. The van der Waals surface area contributed by atoms with Crippen molar-refractivity contribution in [2.75, 3.05) is 6.54 Å². The van der Waals surface area contributed by atoms with E-state index in [-0.39, 0.29) is 18.2 Å². The van der Waals surface area contributed by atoms with E-state index in [1.807, 2.05) is 32.9 Å². The third-order valence-electron chi connectivity index (χ3n) is 3.92. The Balaban J connectivity index is 1.93. The summed E-state index contributed by atoms with van der Waals surface area (Å²) in [6.07, 6.45) is -0.910. The summed E-state index contributed by atoms with van der Waals surface area (Å²) in [6.45, 7) is 7.03. The minimum atomic E-state index is -0.910. The van der Waals surface area contributed by atoms with Crippen molar-refractivity contribution >= 4 is 29.0 Å². The van der Waals surface area contributed by atoms with Crippen molar-refractivity contribution in [1.29, 1.82) is 0 Å². The molecule has 1 N–H and O–H groups in total. The number of rotatable bonds is 6. The minimum absolute atomic E-state index is 0.251. The number of Topliss-reactive ketones (excluding diaryl/α,β-unsaturated/α-hetero) is 1.